The van der Waals surface area contributed by atoms with Gasteiger partial charge in [-0.25, -0.2) is 4.79 Å². The molecule has 7 heteroatoms. The highest BCUT2D eigenvalue weighted by Crippen LogP contribution is 2.33. The van der Waals surface area contributed by atoms with Crippen LogP contribution in [0.2, 0.25) is 0 Å². The zero-order valence-corrected chi connectivity index (χ0v) is 16.2. The number of likely N-dealkylation sites (tertiary alicyclic amines) is 1. The van der Waals surface area contributed by atoms with Crippen molar-refractivity contribution in [3.63, 3.8) is 0 Å². The van der Waals surface area contributed by atoms with E-state index in [9.17, 15) is 9.59 Å². The smallest absolute Gasteiger partial charge is 0.405 e. The summed E-state index contributed by atoms with van der Waals surface area (Å²) >= 11 is 0. The van der Waals surface area contributed by atoms with Crippen molar-refractivity contribution in [1.29, 1.82) is 0 Å². The SMILES string of the molecule is C#CCOCCCOCCN1C(=O)C(NC(=O)O)CC(c2ccccc2)C1C. The molecule has 1 aromatic carbocycles. The molecule has 28 heavy (non-hydrogen) atoms. The molecule has 1 aliphatic rings. The fraction of sp³-hybridized carbons (Fsp3) is 0.524. The standard InChI is InChI=1S/C21H28N2O5/c1-3-11-27-12-7-13-28-14-10-23-16(2)18(17-8-5-4-6-9-17)15-19(20(23)24)22-21(25)26/h1,4-6,8-9,16,18-19,22H,7,10-15H2,2H3,(H,25,26). The summed E-state index contributed by atoms with van der Waals surface area (Å²) in [5, 5.41) is 11.5. The number of rotatable bonds is 10. The second-order valence-electron chi connectivity index (χ2n) is 6.75. The lowest BCUT2D eigenvalue weighted by molar-refractivity contribution is -0.140. The lowest BCUT2D eigenvalue weighted by Crippen LogP contribution is -2.58. The number of nitrogens with one attached hydrogen (secondary N) is 1. The first-order valence-electron chi connectivity index (χ1n) is 9.48. The van der Waals surface area contributed by atoms with Crippen LogP contribution in [0.4, 0.5) is 4.79 Å². The number of piperidine rings is 1. The Morgan fingerprint density at radius 1 is 1.29 bits per heavy atom. The van der Waals surface area contributed by atoms with Crippen LogP contribution >= 0.6 is 0 Å². The molecule has 1 heterocycles. The van der Waals surface area contributed by atoms with Crippen LogP contribution in [0.1, 0.15) is 31.2 Å². The Hall–Kier alpha value is -2.56. The molecule has 1 fully saturated rings. The second-order valence-corrected chi connectivity index (χ2v) is 6.75. The normalized spacial score (nSPS) is 21.9. The Morgan fingerprint density at radius 3 is 2.68 bits per heavy atom. The minimum atomic E-state index is -1.19. The highest BCUT2D eigenvalue weighted by atomic mass is 16.5. The van der Waals surface area contributed by atoms with E-state index in [2.05, 4.69) is 11.2 Å². The molecule has 2 rings (SSSR count). The van der Waals surface area contributed by atoms with Gasteiger partial charge in [-0.1, -0.05) is 36.3 Å². The van der Waals surface area contributed by atoms with Gasteiger partial charge < -0.3 is 24.8 Å². The van der Waals surface area contributed by atoms with E-state index in [1.165, 1.54) is 0 Å². The Morgan fingerprint density at radius 2 is 2.00 bits per heavy atom. The van der Waals surface area contributed by atoms with E-state index in [1.54, 1.807) is 4.90 Å². The number of carbonyl (C=O) groups is 2. The van der Waals surface area contributed by atoms with Crippen molar-refractivity contribution in [2.24, 2.45) is 0 Å². The highest BCUT2D eigenvalue weighted by Gasteiger charge is 2.40. The van der Waals surface area contributed by atoms with Crippen molar-refractivity contribution in [2.45, 2.75) is 37.8 Å². The molecule has 0 saturated carbocycles. The number of ether oxygens (including phenoxy) is 2. The fourth-order valence-electron chi connectivity index (χ4n) is 3.53. The zero-order valence-electron chi connectivity index (χ0n) is 16.2. The predicted octanol–water partition coefficient (Wildman–Crippen LogP) is 2.08. The predicted molar refractivity (Wildman–Crippen MR) is 105 cm³/mol. The molecule has 0 radical (unpaired) electrons. The van der Waals surface area contributed by atoms with Gasteiger partial charge in [0.15, 0.2) is 0 Å². The summed E-state index contributed by atoms with van der Waals surface area (Å²) in [6.45, 7) is 4.13. The Balaban J connectivity index is 1.94. The Labute approximate surface area is 166 Å². The third kappa shape index (κ3) is 6.25. The first-order chi connectivity index (χ1) is 13.5. The van der Waals surface area contributed by atoms with Gasteiger partial charge in [-0.2, -0.15) is 0 Å². The van der Waals surface area contributed by atoms with E-state index in [4.69, 9.17) is 21.0 Å². The van der Waals surface area contributed by atoms with Crippen molar-refractivity contribution >= 4 is 12.0 Å². The van der Waals surface area contributed by atoms with E-state index >= 15 is 0 Å². The van der Waals surface area contributed by atoms with Crippen LogP contribution in [0, 0.1) is 12.3 Å². The molecule has 7 nitrogen and oxygen atoms in total. The monoisotopic (exact) mass is 388 g/mol. The number of hydrogen-bond acceptors (Lipinski definition) is 4. The lowest BCUT2D eigenvalue weighted by Gasteiger charge is -2.43. The lowest BCUT2D eigenvalue weighted by atomic mass is 9.82. The summed E-state index contributed by atoms with van der Waals surface area (Å²) in [5.74, 6) is 2.25. The summed E-state index contributed by atoms with van der Waals surface area (Å²) in [5.41, 5.74) is 1.09. The maximum absolute atomic E-state index is 12.8. The molecule has 0 aliphatic carbocycles. The minimum absolute atomic E-state index is 0.0490. The van der Waals surface area contributed by atoms with Gasteiger partial charge in [0.25, 0.3) is 0 Å². The van der Waals surface area contributed by atoms with E-state index < -0.39 is 12.1 Å². The number of hydrogen-bond donors (Lipinski definition) is 2. The zero-order chi connectivity index (χ0) is 20.4. The van der Waals surface area contributed by atoms with Crippen molar-refractivity contribution in [3.8, 4) is 12.3 Å². The van der Waals surface area contributed by atoms with Crippen LogP contribution in [0.5, 0.6) is 0 Å². The van der Waals surface area contributed by atoms with Crippen LogP contribution < -0.4 is 5.32 Å². The molecule has 1 aliphatic heterocycles. The summed E-state index contributed by atoms with van der Waals surface area (Å²) < 4.78 is 10.8. The maximum atomic E-state index is 12.8. The average molecular weight is 388 g/mol. The van der Waals surface area contributed by atoms with E-state index in [0.717, 1.165) is 12.0 Å². The molecule has 0 spiro atoms. The molecule has 2 N–H and O–H groups in total. The molecule has 0 aromatic heterocycles. The van der Waals surface area contributed by atoms with Crippen molar-refractivity contribution < 1.29 is 24.2 Å². The first-order valence-corrected chi connectivity index (χ1v) is 9.48. The molecular weight excluding hydrogens is 360 g/mol. The minimum Gasteiger partial charge on any atom is -0.465 e. The number of benzene rings is 1. The second kappa shape index (κ2) is 11.3. The average Bonchev–Trinajstić information content (AvgIpc) is 2.68. The summed E-state index contributed by atoms with van der Waals surface area (Å²) in [6.07, 6.45) is 5.08. The highest BCUT2D eigenvalue weighted by molar-refractivity contribution is 5.86. The number of carboxylic acid groups (broad SMARTS) is 1. The number of amides is 2. The third-order valence-electron chi connectivity index (χ3n) is 4.91. The number of carbonyl (C=O) groups excluding carboxylic acids is 1. The Bertz CT molecular complexity index is 673. The molecule has 0 bridgehead atoms. The molecular formula is C21H28N2O5. The van der Waals surface area contributed by atoms with E-state index in [1.807, 2.05) is 37.3 Å². The first kappa shape index (κ1) is 21.7. The van der Waals surface area contributed by atoms with Crippen LogP contribution in [0.25, 0.3) is 0 Å². The summed E-state index contributed by atoms with van der Waals surface area (Å²) in [6, 6.07) is 9.06. The number of nitrogens with zero attached hydrogens (tertiary/aromatic N) is 1. The van der Waals surface area contributed by atoms with E-state index in [-0.39, 0.29) is 17.9 Å². The van der Waals surface area contributed by atoms with Crippen LogP contribution in [-0.4, -0.2) is 67.1 Å². The summed E-state index contributed by atoms with van der Waals surface area (Å²) in [4.78, 5) is 25.6. The van der Waals surface area contributed by atoms with Gasteiger partial charge in [0.1, 0.15) is 12.6 Å². The van der Waals surface area contributed by atoms with Crippen LogP contribution in [0.3, 0.4) is 0 Å². The van der Waals surface area contributed by atoms with Crippen LogP contribution in [-0.2, 0) is 14.3 Å². The van der Waals surface area contributed by atoms with E-state index in [0.29, 0.717) is 39.4 Å². The third-order valence-corrected chi connectivity index (χ3v) is 4.91. The topological polar surface area (TPSA) is 88.1 Å². The van der Waals surface area contributed by atoms with Gasteiger partial charge in [-0.05, 0) is 25.3 Å². The molecule has 2 amide bonds. The van der Waals surface area contributed by atoms with Crippen LogP contribution in [0.15, 0.2) is 30.3 Å². The van der Waals surface area contributed by atoms with Gasteiger partial charge in [0, 0.05) is 25.1 Å². The van der Waals surface area contributed by atoms with Gasteiger partial charge in [0.2, 0.25) is 5.91 Å². The quantitative estimate of drug-likeness (QED) is 0.473. The van der Waals surface area contributed by atoms with Gasteiger partial charge in [-0.15, -0.1) is 6.42 Å². The fourth-order valence-corrected chi connectivity index (χ4v) is 3.53. The molecule has 1 aromatic rings. The maximum Gasteiger partial charge on any atom is 0.405 e. The van der Waals surface area contributed by atoms with Crippen molar-refractivity contribution in [1.82, 2.24) is 10.2 Å². The van der Waals surface area contributed by atoms with Crippen molar-refractivity contribution in [3.05, 3.63) is 35.9 Å². The van der Waals surface area contributed by atoms with Gasteiger partial charge >= 0.3 is 6.09 Å². The largest absolute Gasteiger partial charge is 0.465 e. The van der Waals surface area contributed by atoms with Crippen molar-refractivity contribution in [2.75, 3.05) is 33.0 Å². The summed E-state index contributed by atoms with van der Waals surface area (Å²) in [7, 11) is 0. The number of terminal acetylenes is 1. The molecule has 3 unspecified atom stereocenters. The molecule has 152 valence electrons. The molecule has 3 atom stereocenters. The van der Waals surface area contributed by atoms with Gasteiger partial charge in [0.05, 0.1) is 13.2 Å². The molecule has 1 saturated heterocycles. The Kier molecular flexibility index (Phi) is 8.79. The van der Waals surface area contributed by atoms with Gasteiger partial charge in [-0.3, -0.25) is 4.79 Å².